The summed E-state index contributed by atoms with van der Waals surface area (Å²) in [5.74, 6) is 0.862. The van der Waals surface area contributed by atoms with Crippen molar-refractivity contribution in [2.24, 2.45) is 0 Å². The van der Waals surface area contributed by atoms with Crippen LogP contribution in [-0.4, -0.2) is 56.8 Å². The van der Waals surface area contributed by atoms with Crippen LogP contribution in [0.5, 0.6) is 5.75 Å². The zero-order chi connectivity index (χ0) is 14.9. The molecule has 1 aliphatic heterocycles. The van der Waals surface area contributed by atoms with Crippen molar-refractivity contribution in [1.29, 1.82) is 0 Å². The Kier molecular flexibility index (Phi) is 6.50. The number of hydrogen-bond acceptors (Lipinski definition) is 4. The molecule has 0 radical (unpaired) electrons. The highest BCUT2D eigenvalue weighted by molar-refractivity contribution is 5.77. The van der Waals surface area contributed by atoms with Gasteiger partial charge in [0.2, 0.25) is 5.91 Å². The van der Waals surface area contributed by atoms with Crippen LogP contribution in [0.4, 0.5) is 0 Å². The largest absolute Gasteiger partial charge is 0.491 e. The molecule has 5 nitrogen and oxygen atoms in total. The van der Waals surface area contributed by atoms with Crippen LogP contribution in [0, 0.1) is 0 Å². The van der Waals surface area contributed by atoms with Crippen LogP contribution in [0.2, 0.25) is 0 Å². The number of nitrogens with one attached hydrogen (secondary N) is 1. The molecule has 1 aromatic rings. The van der Waals surface area contributed by atoms with E-state index in [1.165, 1.54) is 0 Å². The number of rotatable bonds is 7. The van der Waals surface area contributed by atoms with Crippen molar-refractivity contribution in [2.75, 3.05) is 40.0 Å². The maximum absolute atomic E-state index is 12.0. The number of ether oxygens (including phenoxy) is 2. The second kappa shape index (κ2) is 8.64. The van der Waals surface area contributed by atoms with Gasteiger partial charge in [-0.25, -0.2) is 0 Å². The molecule has 1 saturated heterocycles. The van der Waals surface area contributed by atoms with E-state index in [-0.39, 0.29) is 12.5 Å². The lowest BCUT2D eigenvalue weighted by molar-refractivity contribution is -0.137. The Hall–Kier alpha value is -1.59. The molecule has 0 unspecified atom stereocenters. The zero-order valence-corrected chi connectivity index (χ0v) is 12.6. The van der Waals surface area contributed by atoms with Gasteiger partial charge in [0.25, 0.3) is 0 Å². The molecule has 0 atom stereocenters. The first-order chi connectivity index (χ1) is 10.3. The fourth-order valence-corrected chi connectivity index (χ4v) is 2.39. The van der Waals surface area contributed by atoms with Gasteiger partial charge in [0.05, 0.1) is 6.61 Å². The number of nitrogens with zero attached hydrogens (tertiary/aromatic N) is 1. The number of hydrogen-bond donors (Lipinski definition) is 1. The Morgan fingerprint density at radius 2 is 1.95 bits per heavy atom. The summed E-state index contributed by atoms with van der Waals surface area (Å²) in [6.45, 7) is 2.95. The average molecular weight is 292 g/mol. The van der Waals surface area contributed by atoms with Crippen molar-refractivity contribution in [3.63, 3.8) is 0 Å². The van der Waals surface area contributed by atoms with E-state index in [1.807, 2.05) is 42.3 Å². The van der Waals surface area contributed by atoms with Crippen LogP contribution in [0.1, 0.15) is 12.8 Å². The molecule has 1 aromatic carbocycles. The molecule has 116 valence electrons. The lowest BCUT2D eigenvalue weighted by atomic mass is 10.1. The monoisotopic (exact) mass is 292 g/mol. The fraction of sp³-hybridized carbons (Fsp3) is 0.562. The highest BCUT2D eigenvalue weighted by atomic mass is 16.5. The summed E-state index contributed by atoms with van der Waals surface area (Å²) in [5.41, 5.74) is 0. The van der Waals surface area contributed by atoms with Gasteiger partial charge >= 0.3 is 0 Å². The maximum atomic E-state index is 12.0. The molecule has 5 heteroatoms. The number of benzene rings is 1. The third kappa shape index (κ3) is 5.36. The summed E-state index contributed by atoms with van der Waals surface area (Å²) >= 11 is 0. The van der Waals surface area contributed by atoms with Crippen LogP contribution in [0.3, 0.4) is 0 Å². The Labute approximate surface area is 126 Å². The van der Waals surface area contributed by atoms with Gasteiger partial charge in [-0.05, 0) is 38.1 Å². The number of amides is 1. The quantitative estimate of drug-likeness (QED) is 0.770. The minimum Gasteiger partial charge on any atom is -0.491 e. The van der Waals surface area contributed by atoms with Gasteiger partial charge in [-0.1, -0.05) is 18.2 Å². The Balaban J connectivity index is 1.58. The molecule has 1 amide bonds. The van der Waals surface area contributed by atoms with E-state index >= 15 is 0 Å². The van der Waals surface area contributed by atoms with Crippen LogP contribution in [0.25, 0.3) is 0 Å². The summed E-state index contributed by atoms with van der Waals surface area (Å²) in [6.07, 6.45) is 2.03. The SMILES string of the molecule is CN(C(=O)COCCOc1ccccc1)C1CCNCC1. The summed E-state index contributed by atoms with van der Waals surface area (Å²) in [4.78, 5) is 13.8. The van der Waals surface area contributed by atoms with E-state index in [2.05, 4.69) is 5.32 Å². The predicted octanol–water partition coefficient (Wildman–Crippen LogP) is 1.29. The van der Waals surface area contributed by atoms with Gasteiger partial charge in [0, 0.05) is 13.1 Å². The molecule has 21 heavy (non-hydrogen) atoms. The van der Waals surface area contributed by atoms with Gasteiger partial charge in [-0.2, -0.15) is 0 Å². The van der Waals surface area contributed by atoms with Crippen molar-refractivity contribution >= 4 is 5.91 Å². The van der Waals surface area contributed by atoms with Gasteiger partial charge in [-0.3, -0.25) is 4.79 Å². The first-order valence-electron chi connectivity index (χ1n) is 7.49. The molecule has 1 aliphatic rings. The van der Waals surface area contributed by atoms with E-state index in [0.717, 1.165) is 31.7 Å². The van der Waals surface area contributed by atoms with E-state index in [4.69, 9.17) is 9.47 Å². The number of carbonyl (C=O) groups excluding carboxylic acids is 1. The predicted molar refractivity (Wildman–Crippen MR) is 81.4 cm³/mol. The average Bonchev–Trinajstić information content (AvgIpc) is 2.55. The molecule has 1 N–H and O–H groups in total. The minimum atomic E-state index is 0.0432. The second-order valence-corrected chi connectivity index (χ2v) is 5.20. The fourth-order valence-electron chi connectivity index (χ4n) is 2.39. The molecule has 1 fully saturated rings. The van der Waals surface area contributed by atoms with Gasteiger partial charge < -0.3 is 19.7 Å². The van der Waals surface area contributed by atoms with Crippen molar-refractivity contribution in [3.8, 4) is 5.75 Å². The van der Waals surface area contributed by atoms with Crippen molar-refractivity contribution < 1.29 is 14.3 Å². The van der Waals surface area contributed by atoms with Gasteiger partial charge in [0.1, 0.15) is 19.0 Å². The lowest BCUT2D eigenvalue weighted by Gasteiger charge is -2.31. The number of carbonyl (C=O) groups is 1. The summed E-state index contributed by atoms with van der Waals surface area (Å²) in [5, 5.41) is 3.30. The Morgan fingerprint density at radius 3 is 2.67 bits per heavy atom. The molecule has 0 saturated carbocycles. The van der Waals surface area contributed by atoms with Crippen LogP contribution in [0.15, 0.2) is 30.3 Å². The molecule has 0 spiro atoms. The molecule has 1 heterocycles. The number of piperidine rings is 1. The highest BCUT2D eigenvalue weighted by Gasteiger charge is 2.21. The minimum absolute atomic E-state index is 0.0432. The summed E-state index contributed by atoms with van der Waals surface area (Å²) < 4.78 is 10.9. The zero-order valence-electron chi connectivity index (χ0n) is 12.6. The standard InChI is InChI=1S/C16H24N2O3/c1-18(14-7-9-17-10-8-14)16(19)13-20-11-12-21-15-5-3-2-4-6-15/h2-6,14,17H,7-13H2,1H3. The van der Waals surface area contributed by atoms with Crippen molar-refractivity contribution in [3.05, 3.63) is 30.3 Å². The van der Waals surface area contributed by atoms with Gasteiger partial charge in [-0.15, -0.1) is 0 Å². The topological polar surface area (TPSA) is 50.8 Å². The molecular formula is C16H24N2O3. The van der Waals surface area contributed by atoms with Crippen LogP contribution in [-0.2, 0) is 9.53 Å². The molecule has 0 bridgehead atoms. The Bertz CT molecular complexity index is 419. The molecule has 2 rings (SSSR count). The third-order valence-corrected chi connectivity index (χ3v) is 3.71. The van der Waals surface area contributed by atoms with Crippen LogP contribution < -0.4 is 10.1 Å². The van der Waals surface area contributed by atoms with E-state index < -0.39 is 0 Å². The molecule has 0 aromatic heterocycles. The summed E-state index contributed by atoms with van der Waals surface area (Å²) in [6, 6.07) is 9.93. The number of para-hydroxylation sites is 1. The first-order valence-corrected chi connectivity index (χ1v) is 7.49. The highest BCUT2D eigenvalue weighted by Crippen LogP contribution is 2.10. The van der Waals surface area contributed by atoms with Crippen molar-refractivity contribution in [2.45, 2.75) is 18.9 Å². The third-order valence-electron chi connectivity index (χ3n) is 3.71. The first kappa shape index (κ1) is 15.8. The smallest absolute Gasteiger partial charge is 0.248 e. The molecular weight excluding hydrogens is 268 g/mol. The van der Waals surface area contributed by atoms with E-state index in [0.29, 0.717) is 19.3 Å². The maximum Gasteiger partial charge on any atom is 0.248 e. The van der Waals surface area contributed by atoms with Crippen molar-refractivity contribution in [1.82, 2.24) is 10.2 Å². The normalized spacial score (nSPS) is 15.7. The lowest BCUT2D eigenvalue weighted by Crippen LogP contribution is -2.45. The second-order valence-electron chi connectivity index (χ2n) is 5.20. The summed E-state index contributed by atoms with van der Waals surface area (Å²) in [7, 11) is 1.86. The van der Waals surface area contributed by atoms with Crippen LogP contribution >= 0.6 is 0 Å². The molecule has 0 aliphatic carbocycles. The van der Waals surface area contributed by atoms with E-state index in [1.54, 1.807) is 0 Å². The Morgan fingerprint density at radius 1 is 1.24 bits per heavy atom. The number of likely N-dealkylation sites (N-methyl/N-ethyl adjacent to an activating group) is 1. The van der Waals surface area contributed by atoms with Gasteiger partial charge in [0.15, 0.2) is 0 Å². The van der Waals surface area contributed by atoms with E-state index in [9.17, 15) is 4.79 Å².